The van der Waals surface area contributed by atoms with Crippen LogP contribution in [-0.2, 0) is 6.54 Å². The molecule has 0 saturated heterocycles. The molecule has 0 bridgehead atoms. The number of rotatable bonds is 3. The van der Waals surface area contributed by atoms with Gasteiger partial charge in [-0.15, -0.1) is 11.7 Å². The third kappa shape index (κ3) is 1.85. The van der Waals surface area contributed by atoms with Gasteiger partial charge in [0.15, 0.2) is 5.82 Å². The van der Waals surface area contributed by atoms with Gasteiger partial charge in [-0.05, 0) is 12.1 Å². The fourth-order valence-electron chi connectivity index (χ4n) is 1.32. The Balaban J connectivity index is 2.47. The molecular formula is C10H11N5. The van der Waals surface area contributed by atoms with Crippen LogP contribution < -0.4 is 5.73 Å². The quantitative estimate of drug-likeness (QED) is 0.755. The summed E-state index contributed by atoms with van der Waals surface area (Å²) in [4.78, 5) is 8.17. The van der Waals surface area contributed by atoms with Crippen molar-refractivity contribution >= 4 is 5.95 Å². The number of pyridine rings is 1. The van der Waals surface area contributed by atoms with Crippen LogP contribution in [0.5, 0.6) is 0 Å². The SMILES string of the molecule is C=CCn1nc(N)nc1-c1cccnc1. The van der Waals surface area contributed by atoms with E-state index in [9.17, 15) is 0 Å². The molecule has 0 fully saturated rings. The molecule has 0 radical (unpaired) electrons. The van der Waals surface area contributed by atoms with Crippen molar-refractivity contribution in [1.29, 1.82) is 0 Å². The molecule has 0 aromatic carbocycles. The van der Waals surface area contributed by atoms with Gasteiger partial charge >= 0.3 is 0 Å². The molecule has 76 valence electrons. The summed E-state index contributed by atoms with van der Waals surface area (Å²) in [5, 5.41) is 4.06. The summed E-state index contributed by atoms with van der Waals surface area (Å²) >= 11 is 0. The minimum atomic E-state index is 0.260. The van der Waals surface area contributed by atoms with Crippen molar-refractivity contribution in [2.75, 3.05) is 5.73 Å². The van der Waals surface area contributed by atoms with Crippen molar-refractivity contribution in [1.82, 2.24) is 19.7 Å². The van der Waals surface area contributed by atoms with Crippen LogP contribution in [0.3, 0.4) is 0 Å². The van der Waals surface area contributed by atoms with Gasteiger partial charge in [0, 0.05) is 18.0 Å². The maximum absolute atomic E-state index is 5.55. The van der Waals surface area contributed by atoms with Crippen LogP contribution in [-0.4, -0.2) is 19.7 Å². The Morgan fingerprint density at radius 3 is 3.07 bits per heavy atom. The van der Waals surface area contributed by atoms with Gasteiger partial charge in [-0.25, -0.2) is 4.68 Å². The minimum absolute atomic E-state index is 0.260. The molecule has 0 aliphatic rings. The molecule has 5 heteroatoms. The molecule has 0 unspecified atom stereocenters. The summed E-state index contributed by atoms with van der Waals surface area (Å²) in [6.07, 6.45) is 5.18. The monoisotopic (exact) mass is 201 g/mol. The molecule has 2 rings (SSSR count). The molecule has 15 heavy (non-hydrogen) atoms. The fourth-order valence-corrected chi connectivity index (χ4v) is 1.32. The van der Waals surface area contributed by atoms with Crippen LogP contribution in [0.25, 0.3) is 11.4 Å². The summed E-state index contributed by atoms with van der Waals surface area (Å²) in [5.74, 6) is 0.969. The second-order valence-corrected chi connectivity index (χ2v) is 3.01. The molecule has 0 amide bonds. The van der Waals surface area contributed by atoms with E-state index in [1.807, 2.05) is 12.1 Å². The van der Waals surface area contributed by atoms with Crippen LogP contribution in [0.2, 0.25) is 0 Å². The summed E-state index contributed by atoms with van der Waals surface area (Å²) in [5.41, 5.74) is 6.44. The number of nitrogens with zero attached hydrogens (tertiary/aromatic N) is 4. The highest BCUT2D eigenvalue weighted by molar-refractivity contribution is 5.54. The van der Waals surface area contributed by atoms with E-state index >= 15 is 0 Å². The molecular weight excluding hydrogens is 190 g/mol. The van der Waals surface area contributed by atoms with Crippen molar-refractivity contribution in [3.8, 4) is 11.4 Å². The van der Waals surface area contributed by atoms with Crippen LogP contribution in [0.4, 0.5) is 5.95 Å². The van der Waals surface area contributed by atoms with Gasteiger partial charge in [-0.2, -0.15) is 4.98 Å². The smallest absolute Gasteiger partial charge is 0.240 e. The number of nitrogen functional groups attached to an aromatic ring is 1. The Morgan fingerprint density at radius 1 is 1.53 bits per heavy atom. The van der Waals surface area contributed by atoms with Gasteiger partial charge in [-0.3, -0.25) is 4.98 Å². The first kappa shape index (κ1) is 9.39. The number of allylic oxidation sites excluding steroid dienone is 1. The van der Waals surface area contributed by atoms with E-state index < -0.39 is 0 Å². The van der Waals surface area contributed by atoms with E-state index in [1.165, 1.54) is 0 Å². The highest BCUT2D eigenvalue weighted by atomic mass is 15.4. The molecule has 2 aromatic heterocycles. The van der Waals surface area contributed by atoms with Gasteiger partial charge in [0.25, 0.3) is 0 Å². The Hall–Kier alpha value is -2.17. The lowest BCUT2D eigenvalue weighted by Crippen LogP contribution is -2.00. The molecule has 2 heterocycles. The normalized spacial score (nSPS) is 10.1. The molecule has 2 aromatic rings. The zero-order chi connectivity index (χ0) is 10.7. The lowest BCUT2D eigenvalue weighted by atomic mass is 10.3. The highest BCUT2D eigenvalue weighted by Crippen LogP contribution is 2.16. The van der Waals surface area contributed by atoms with Gasteiger partial charge in [-0.1, -0.05) is 6.08 Å². The van der Waals surface area contributed by atoms with E-state index in [0.717, 1.165) is 5.56 Å². The standard InChI is InChI=1S/C10H11N5/c1-2-6-15-9(13-10(11)14-15)8-4-3-5-12-7-8/h2-5,7H,1,6H2,(H2,11,14). The molecule has 5 nitrogen and oxygen atoms in total. The van der Waals surface area contributed by atoms with Gasteiger partial charge in [0.1, 0.15) is 0 Å². The molecule has 0 aliphatic carbocycles. The topological polar surface area (TPSA) is 69.6 Å². The first-order valence-corrected chi connectivity index (χ1v) is 4.53. The lowest BCUT2D eigenvalue weighted by molar-refractivity contribution is 0.712. The zero-order valence-electron chi connectivity index (χ0n) is 8.17. The van der Waals surface area contributed by atoms with Crippen molar-refractivity contribution in [3.63, 3.8) is 0 Å². The third-order valence-corrected chi connectivity index (χ3v) is 1.91. The Labute approximate surface area is 87.3 Å². The minimum Gasteiger partial charge on any atom is -0.366 e. The Kier molecular flexibility index (Phi) is 2.45. The predicted octanol–water partition coefficient (Wildman–Crippen LogP) is 1.11. The second-order valence-electron chi connectivity index (χ2n) is 3.01. The maximum Gasteiger partial charge on any atom is 0.240 e. The van der Waals surface area contributed by atoms with E-state index in [4.69, 9.17) is 5.73 Å². The summed E-state index contributed by atoms with van der Waals surface area (Å²) in [7, 11) is 0. The fraction of sp³-hybridized carbons (Fsp3) is 0.100. The highest BCUT2D eigenvalue weighted by Gasteiger charge is 2.08. The van der Waals surface area contributed by atoms with E-state index in [1.54, 1.807) is 23.2 Å². The molecule has 0 atom stereocenters. The number of hydrogen-bond donors (Lipinski definition) is 1. The van der Waals surface area contributed by atoms with Crippen molar-refractivity contribution < 1.29 is 0 Å². The van der Waals surface area contributed by atoms with Crippen LogP contribution in [0.15, 0.2) is 37.2 Å². The van der Waals surface area contributed by atoms with E-state index in [2.05, 4.69) is 21.6 Å². The Bertz CT molecular complexity index is 460. The van der Waals surface area contributed by atoms with Crippen LogP contribution in [0.1, 0.15) is 0 Å². The molecule has 0 saturated carbocycles. The summed E-state index contributed by atoms with van der Waals surface area (Å²) < 4.78 is 1.69. The summed E-state index contributed by atoms with van der Waals surface area (Å²) in [6.45, 7) is 4.23. The van der Waals surface area contributed by atoms with Crippen LogP contribution >= 0.6 is 0 Å². The van der Waals surface area contributed by atoms with Crippen molar-refractivity contribution in [3.05, 3.63) is 37.2 Å². The maximum atomic E-state index is 5.55. The number of aromatic nitrogens is 4. The lowest BCUT2D eigenvalue weighted by Gasteiger charge is -2.01. The average molecular weight is 201 g/mol. The molecule has 0 spiro atoms. The first-order chi connectivity index (χ1) is 7.31. The Morgan fingerprint density at radius 2 is 2.40 bits per heavy atom. The number of anilines is 1. The average Bonchev–Trinajstić information content (AvgIpc) is 2.62. The summed E-state index contributed by atoms with van der Waals surface area (Å²) in [6, 6.07) is 3.76. The largest absolute Gasteiger partial charge is 0.366 e. The zero-order valence-corrected chi connectivity index (χ0v) is 8.17. The van der Waals surface area contributed by atoms with E-state index in [0.29, 0.717) is 12.4 Å². The van der Waals surface area contributed by atoms with E-state index in [-0.39, 0.29) is 5.95 Å². The first-order valence-electron chi connectivity index (χ1n) is 4.53. The van der Waals surface area contributed by atoms with Gasteiger partial charge in [0.2, 0.25) is 5.95 Å². The van der Waals surface area contributed by atoms with Crippen molar-refractivity contribution in [2.24, 2.45) is 0 Å². The number of nitrogens with two attached hydrogens (primary N) is 1. The van der Waals surface area contributed by atoms with Gasteiger partial charge in [0.05, 0.1) is 6.54 Å². The predicted molar refractivity (Wildman–Crippen MR) is 57.9 cm³/mol. The molecule has 0 aliphatic heterocycles. The third-order valence-electron chi connectivity index (χ3n) is 1.91. The van der Waals surface area contributed by atoms with Gasteiger partial charge < -0.3 is 5.73 Å². The van der Waals surface area contributed by atoms with Crippen molar-refractivity contribution in [2.45, 2.75) is 6.54 Å². The second kappa shape index (κ2) is 3.91. The molecule has 2 N–H and O–H groups in total. The van der Waals surface area contributed by atoms with Crippen LogP contribution in [0, 0.1) is 0 Å². The number of hydrogen-bond acceptors (Lipinski definition) is 4.